The smallest absolute Gasteiger partial charge is 0.247 e. The van der Waals surface area contributed by atoms with Gasteiger partial charge in [-0.05, 0) is 36.6 Å². The van der Waals surface area contributed by atoms with E-state index in [0.717, 1.165) is 29.3 Å². The van der Waals surface area contributed by atoms with Crippen LogP contribution >= 0.6 is 15.9 Å². The van der Waals surface area contributed by atoms with Crippen molar-refractivity contribution in [1.82, 2.24) is 10.2 Å². The molecule has 3 aromatic rings. The first-order valence-corrected chi connectivity index (χ1v) is 7.73. The van der Waals surface area contributed by atoms with Crippen molar-refractivity contribution in [3.8, 4) is 11.5 Å². The van der Waals surface area contributed by atoms with Crippen LogP contribution in [0.4, 0.5) is 0 Å². The summed E-state index contributed by atoms with van der Waals surface area (Å²) in [5.74, 6) is 1.27. The fourth-order valence-corrected chi connectivity index (χ4v) is 2.58. The van der Waals surface area contributed by atoms with E-state index in [1.54, 1.807) is 0 Å². The van der Waals surface area contributed by atoms with Crippen molar-refractivity contribution in [3.63, 3.8) is 0 Å². The van der Waals surface area contributed by atoms with Crippen LogP contribution in [0.1, 0.15) is 17.9 Å². The highest BCUT2D eigenvalue weighted by Gasteiger charge is 2.08. The summed E-state index contributed by atoms with van der Waals surface area (Å²) in [4.78, 5) is 0. The molecule has 1 aromatic heterocycles. The van der Waals surface area contributed by atoms with Crippen LogP contribution in [0.5, 0.6) is 0 Å². The first-order valence-electron chi connectivity index (χ1n) is 6.93. The normalized spacial score (nSPS) is 10.7. The van der Waals surface area contributed by atoms with Crippen molar-refractivity contribution in [2.24, 2.45) is 0 Å². The lowest BCUT2D eigenvalue weighted by atomic mass is 10.1. The van der Waals surface area contributed by atoms with Crippen LogP contribution in [0.15, 0.2) is 63.5 Å². The highest BCUT2D eigenvalue weighted by Crippen LogP contribution is 2.22. The lowest BCUT2D eigenvalue weighted by Crippen LogP contribution is -1.90. The summed E-state index contributed by atoms with van der Waals surface area (Å²) < 4.78 is 6.72. The van der Waals surface area contributed by atoms with E-state index < -0.39 is 0 Å². The first-order chi connectivity index (χ1) is 10.3. The summed E-state index contributed by atoms with van der Waals surface area (Å²) >= 11 is 3.44. The van der Waals surface area contributed by atoms with Crippen LogP contribution in [-0.2, 0) is 12.8 Å². The number of aromatic nitrogens is 2. The molecule has 3 nitrogen and oxygen atoms in total. The molecule has 0 unspecified atom stereocenters. The van der Waals surface area contributed by atoms with Crippen LogP contribution in [0.3, 0.4) is 0 Å². The zero-order valence-corrected chi connectivity index (χ0v) is 13.1. The van der Waals surface area contributed by atoms with Gasteiger partial charge in [-0.15, -0.1) is 10.2 Å². The van der Waals surface area contributed by atoms with E-state index in [1.807, 2.05) is 30.3 Å². The average molecular weight is 343 g/mol. The highest BCUT2D eigenvalue weighted by molar-refractivity contribution is 9.10. The van der Waals surface area contributed by atoms with Gasteiger partial charge in [-0.1, -0.05) is 52.3 Å². The molecule has 0 aliphatic carbocycles. The number of nitrogens with zero attached hydrogens (tertiary/aromatic N) is 2. The molecule has 4 heteroatoms. The second-order valence-corrected chi connectivity index (χ2v) is 5.77. The van der Waals surface area contributed by atoms with E-state index in [0.29, 0.717) is 11.8 Å². The van der Waals surface area contributed by atoms with Gasteiger partial charge in [0.15, 0.2) is 0 Å². The Labute approximate surface area is 132 Å². The van der Waals surface area contributed by atoms with Gasteiger partial charge in [-0.3, -0.25) is 0 Å². The van der Waals surface area contributed by atoms with E-state index in [4.69, 9.17) is 4.42 Å². The minimum atomic E-state index is 0.575. The SMILES string of the molecule is Brc1cccc(-c2nnc(CCCc3ccccc3)o2)c1. The molecule has 0 bridgehead atoms. The second-order valence-electron chi connectivity index (χ2n) is 4.85. The Bertz CT molecular complexity index is 710. The van der Waals surface area contributed by atoms with E-state index in [2.05, 4.69) is 50.4 Å². The third-order valence-electron chi connectivity index (χ3n) is 3.24. The first kappa shape index (κ1) is 14.0. The molecule has 106 valence electrons. The Morgan fingerprint density at radius 2 is 1.76 bits per heavy atom. The fraction of sp³-hybridized carbons (Fsp3) is 0.176. The standard InChI is InChI=1S/C17H15BrN2O/c18-15-10-5-9-14(12-15)17-20-19-16(21-17)11-4-8-13-6-2-1-3-7-13/h1-3,5-7,9-10,12H,4,8,11H2. The van der Waals surface area contributed by atoms with Crippen LogP contribution < -0.4 is 0 Å². The molecule has 0 saturated heterocycles. The van der Waals surface area contributed by atoms with Crippen molar-refractivity contribution in [2.75, 3.05) is 0 Å². The van der Waals surface area contributed by atoms with Crippen LogP contribution in [0.25, 0.3) is 11.5 Å². The average Bonchev–Trinajstić information content (AvgIpc) is 2.97. The predicted octanol–water partition coefficient (Wildman–Crippen LogP) is 4.67. The van der Waals surface area contributed by atoms with Gasteiger partial charge in [0.25, 0.3) is 0 Å². The molecule has 0 spiro atoms. The zero-order valence-electron chi connectivity index (χ0n) is 11.5. The van der Waals surface area contributed by atoms with Gasteiger partial charge in [-0.25, -0.2) is 0 Å². The fourth-order valence-electron chi connectivity index (χ4n) is 2.18. The van der Waals surface area contributed by atoms with E-state index in [1.165, 1.54) is 5.56 Å². The second kappa shape index (κ2) is 6.68. The largest absolute Gasteiger partial charge is 0.421 e. The van der Waals surface area contributed by atoms with Gasteiger partial charge < -0.3 is 4.42 Å². The Balaban J connectivity index is 1.60. The maximum absolute atomic E-state index is 5.72. The molecule has 1 heterocycles. The molecule has 0 atom stereocenters. The summed E-state index contributed by atoms with van der Waals surface area (Å²) in [7, 11) is 0. The number of rotatable bonds is 5. The summed E-state index contributed by atoms with van der Waals surface area (Å²) in [5.41, 5.74) is 2.27. The maximum Gasteiger partial charge on any atom is 0.247 e. The Kier molecular flexibility index (Phi) is 4.46. The highest BCUT2D eigenvalue weighted by atomic mass is 79.9. The van der Waals surface area contributed by atoms with E-state index >= 15 is 0 Å². The molecule has 0 N–H and O–H groups in total. The lowest BCUT2D eigenvalue weighted by molar-refractivity contribution is 0.497. The van der Waals surface area contributed by atoms with Gasteiger partial charge in [-0.2, -0.15) is 0 Å². The molecular formula is C17H15BrN2O. The minimum absolute atomic E-state index is 0.575. The Hall–Kier alpha value is -1.94. The predicted molar refractivity (Wildman–Crippen MR) is 85.9 cm³/mol. The van der Waals surface area contributed by atoms with Crippen molar-refractivity contribution < 1.29 is 4.42 Å². The van der Waals surface area contributed by atoms with Crippen molar-refractivity contribution in [3.05, 3.63) is 70.5 Å². The maximum atomic E-state index is 5.72. The van der Waals surface area contributed by atoms with Gasteiger partial charge in [0, 0.05) is 16.5 Å². The third kappa shape index (κ3) is 3.79. The number of hydrogen-bond acceptors (Lipinski definition) is 3. The van der Waals surface area contributed by atoms with E-state index in [9.17, 15) is 0 Å². The molecule has 0 aliphatic heterocycles. The molecule has 2 aromatic carbocycles. The van der Waals surface area contributed by atoms with Crippen LogP contribution in [0, 0.1) is 0 Å². The summed E-state index contributed by atoms with van der Waals surface area (Å²) in [6.07, 6.45) is 2.83. The summed E-state index contributed by atoms with van der Waals surface area (Å²) in [6.45, 7) is 0. The molecule has 0 fully saturated rings. The quantitative estimate of drug-likeness (QED) is 0.675. The molecule has 3 rings (SSSR count). The van der Waals surface area contributed by atoms with Crippen LogP contribution in [0.2, 0.25) is 0 Å². The summed E-state index contributed by atoms with van der Waals surface area (Å²) in [6, 6.07) is 18.3. The number of halogens is 1. The molecule has 0 aliphatic rings. The van der Waals surface area contributed by atoms with Crippen molar-refractivity contribution in [2.45, 2.75) is 19.3 Å². The zero-order chi connectivity index (χ0) is 14.5. The number of hydrogen-bond donors (Lipinski definition) is 0. The molecule has 0 amide bonds. The minimum Gasteiger partial charge on any atom is -0.421 e. The van der Waals surface area contributed by atoms with Crippen LogP contribution in [-0.4, -0.2) is 10.2 Å². The van der Waals surface area contributed by atoms with Gasteiger partial charge in [0.2, 0.25) is 11.8 Å². The lowest BCUT2D eigenvalue weighted by Gasteiger charge is -1.98. The van der Waals surface area contributed by atoms with Crippen molar-refractivity contribution >= 4 is 15.9 Å². The van der Waals surface area contributed by atoms with Gasteiger partial charge in [0.1, 0.15) is 0 Å². The molecule has 0 radical (unpaired) electrons. The topological polar surface area (TPSA) is 38.9 Å². The van der Waals surface area contributed by atoms with Gasteiger partial charge in [0.05, 0.1) is 0 Å². The molecule has 21 heavy (non-hydrogen) atoms. The Morgan fingerprint density at radius 1 is 0.905 bits per heavy atom. The van der Waals surface area contributed by atoms with E-state index in [-0.39, 0.29) is 0 Å². The third-order valence-corrected chi connectivity index (χ3v) is 3.73. The number of aryl methyl sites for hydroxylation is 2. The molecular weight excluding hydrogens is 328 g/mol. The summed E-state index contributed by atoms with van der Waals surface area (Å²) in [5, 5.41) is 8.24. The monoisotopic (exact) mass is 342 g/mol. The molecule has 0 saturated carbocycles. The Morgan fingerprint density at radius 3 is 2.57 bits per heavy atom. The number of benzene rings is 2. The van der Waals surface area contributed by atoms with Gasteiger partial charge >= 0.3 is 0 Å². The van der Waals surface area contributed by atoms with Crippen molar-refractivity contribution in [1.29, 1.82) is 0 Å².